The smallest absolute Gasteiger partial charge is 0.348 e. The summed E-state index contributed by atoms with van der Waals surface area (Å²) in [6.07, 6.45) is -3.07. The molecule has 1 unspecified atom stereocenters. The van der Waals surface area contributed by atoms with Gasteiger partial charge in [0.25, 0.3) is 11.8 Å². The zero-order chi connectivity index (χ0) is 40.7. The second kappa shape index (κ2) is 18.3. The zero-order valence-electron chi connectivity index (χ0n) is 32.2. The summed E-state index contributed by atoms with van der Waals surface area (Å²) in [6, 6.07) is 20.6. The van der Waals surface area contributed by atoms with E-state index in [9.17, 15) is 19.2 Å². The van der Waals surface area contributed by atoms with E-state index in [1.54, 1.807) is 9.47 Å². The number of nitrogens with zero attached hydrogens (tertiary/aromatic N) is 6. The molecule has 15 heteroatoms. The first kappa shape index (κ1) is 42.4. The molecule has 294 valence electrons. The second-order valence-corrected chi connectivity index (χ2v) is 14.0. The summed E-state index contributed by atoms with van der Waals surface area (Å²) in [7, 11) is 3.64. The fourth-order valence-electron chi connectivity index (χ4n) is 6.20. The molecule has 2 aliphatic rings. The van der Waals surface area contributed by atoms with E-state index in [1.165, 1.54) is 10.0 Å². The summed E-state index contributed by atoms with van der Waals surface area (Å²) < 4.78 is 1.76. The molecule has 2 amide bonds. The van der Waals surface area contributed by atoms with Crippen molar-refractivity contribution in [3.05, 3.63) is 88.3 Å². The van der Waals surface area contributed by atoms with Crippen LogP contribution in [0.5, 0.6) is 0 Å². The largest absolute Gasteiger partial charge is 0.394 e. The Morgan fingerprint density at radius 2 is 1.51 bits per heavy atom. The molecule has 15 nitrogen and oxygen atoms in total. The summed E-state index contributed by atoms with van der Waals surface area (Å²) in [4.78, 5) is 58.6. The van der Waals surface area contributed by atoms with Crippen molar-refractivity contribution in [1.29, 1.82) is 0 Å². The standard InChI is InChI=1S/C18H18N2O.C16H20N4O2.C6H13NO5/c1-12(2)20-16-11-13(3)9-10-15(16)17(19-18(20)21)14-7-5-4-6-8-14;1-5-6-11-14(21)19-13-9-10(2)7-8-12(13)17-16(18(3)4)20(19)15(11)22;7-3(1-8)5(11)6(12)4(10)2-9/h4-12H,1-3H3;7-9,11H,5-6H2,1-4H3;1,3-6,9-12H,2,7H2/t;;3-,4+,5+,6+/m..0/s1. The number of hydrogen-bond donors (Lipinski definition) is 5. The van der Waals surface area contributed by atoms with Crippen LogP contribution in [0.3, 0.4) is 0 Å². The summed E-state index contributed by atoms with van der Waals surface area (Å²) in [6.45, 7) is 9.29. The molecule has 6 rings (SSSR count). The first-order chi connectivity index (χ1) is 26.1. The molecule has 3 aromatic carbocycles. The molecule has 2 aliphatic heterocycles. The molecule has 5 atom stereocenters. The molecule has 6 N–H and O–H groups in total. The van der Waals surface area contributed by atoms with Gasteiger partial charge in [0.05, 0.1) is 35.2 Å². The monoisotopic (exact) mass is 757 g/mol. The number of fused-ring (bicyclic) bond motifs is 4. The Kier molecular flexibility index (Phi) is 14.1. The Balaban J connectivity index is 0.000000193. The van der Waals surface area contributed by atoms with Crippen LogP contribution in [-0.4, -0.2) is 109 Å². The molecule has 3 heterocycles. The van der Waals surface area contributed by atoms with Gasteiger partial charge in [-0.05, 0) is 63.4 Å². The van der Waals surface area contributed by atoms with Gasteiger partial charge in [-0.2, -0.15) is 9.99 Å². The SMILES string of the molecule is CCCC1C(=O)N2C(N(C)C)=Nc3ccc(C)cc3N2C1=O.Cc1ccc2c(-c3ccccc3)nc(=O)n(C(C)C)c2c1.N[C@@H](C=O)[C@@H](O)[C@H](O)[C@H](O)CO. The van der Waals surface area contributed by atoms with Crippen molar-refractivity contribution in [2.24, 2.45) is 16.6 Å². The van der Waals surface area contributed by atoms with E-state index >= 15 is 0 Å². The molecule has 0 aliphatic carbocycles. The van der Waals surface area contributed by atoms with Gasteiger partial charge in [0, 0.05) is 31.1 Å². The van der Waals surface area contributed by atoms with Gasteiger partial charge in [0.1, 0.15) is 30.5 Å². The lowest BCUT2D eigenvalue weighted by molar-refractivity contribution is -0.130. The molecule has 0 radical (unpaired) electrons. The Hall–Kier alpha value is -5.32. The molecular weight excluding hydrogens is 706 g/mol. The maximum atomic E-state index is 12.8. The van der Waals surface area contributed by atoms with Crippen LogP contribution in [0.2, 0.25) is 0 Å². The molecular formula is C40H51N7O8. The average molecular weight is 758 g/mol. The summed E-state index contributed by atoms with van der Waals surface area (Å²) in [5, 5.41) is 39.1. The molecule has 1 aromatic heterocycles. The van der Waals surface area contributed by atoms with Gasteiger partial charge in [-0.1, -0.05) is 61.9 Å². The Morgan fingerprint density at radius 1 is 0.891 bits per heavy atom. The minimum atomic E-state index is -1.62. The number of anilines is 1. The molecule has 0 bridgehead atoms. The van der Waals surface area contributed by atoms with Crippen LogP contribution in [0.15, 0.2) is 76.5 Å². The third-order valence-electron chi connectivity index (χ3n) is 9.09. The number of aliphatic hydroxyl groups is 4. The minimum absolute atomic E-state index is 0.0825. The Bertz CT molecular complexity index is 2090. The highest BCUT2D eigenvalue weighted by molar-refractivity contribution is 6.22. The molecule has 4 aromatic rings. The van der Waals surface area contributed by atoms with Gasteiger partial charge < -0.3 is 35.9 Å². The van der Waals surface area contributed by atoms with Gasteiger partial charge >= 0.3 is 5.69 Å². The molecule has 55 heavy (non-hydrogen) atoms. The normalized spacial score (nSPS) is 16.9. The second-order valence-electron chi connectivity index (χ2n) is 14.0. The summed E-state index contributed by atoms with van der Waals surface area (Å²) >= 11 is 0. The third kappa shape index (κ3) is 9.15. The fourth-order valence-corrected chi connectivity index (χ4v) is 6.20. The molecule has 1 fully saturated rings. The average Bonchev–Trinajstić information content (AvgIpc) is 3.42. The third-order valence-corrected chi connectivity index (χ3v) is 9.09. The highest BCUT2D eigenvalue weighted by Gasteiger charge is 2.50. The maximum Gasteiger partial charge on any atom is 0.348 e. The van der Waals surface area contributed by atoms with E-state index in [0.717, 1.165) is 39.7 Å². The van der Waals surface area contributed by atoms with E-state index in [0.29, 0.717) is 23.8 Å². The first-order valence-corrected chi connectivity index (χ1v) is 18.1. The zero-order valence-corrected chi connectivity index (χ0v) is 32.2. The van der Waals surface area contributed by atoms with Crippen LogP contribution < -0.4 is 16.4 Å². The predicted molar refractivity (Wildman–Crippen MR) is 210 cm³/mol. The van der Waals surface area contributed by atoms with Crippen molar-refractivity contribution in [3.8, 4) is 11.3 Å². The van der Waals surface area contributed by atoms with Gasteiger partial charge in [-0.3, -0.25) is 14.2 Å². The summed E-state index contributed by atoms with van der Waals surface area (Å²) in [5.74, 6) is -0.477. The Morgan fingerprint density at radius 3 is 2.09 bits per heavy atom. The fraction of sp³-hybridized carbons (Fsp3) is 0.400. The van der Waals surface area contributed by atoms with E-state index in [-0.39, 0.29) is 29.8 Å². The number of aromatic nitrogens is 2. The highest BCUT2D eigenvalue weighted by atomic mass is 16.4. The summed E-state index contributed by atoms with van der Waals surface area (Å²) in [5.41, 5.74) is 11.1. The van der Waals surface area contributed by atoms with Crippen molar-refractivity contribution in [3.63, 3.8) is 0 Å². The number of nitrogens with two attached hydrogens (primary N) is 1. The number of aryl methyl sites for hydroxylation is 2. The number of aliphatic imine (C=N–C) groups is 1. The van der Waals surface area contributed by atoms with Crippen LogP contribution in [0.25, 0.3) is 22.2 Å². The number of amides is 2. The Labute approximate surface area is 319 Å². The number of carbonyl (C=O) groups excluding carboxylic acids is 3. The van der Waals surface area contributed by atoms with Crippen molar-refractivity contribution < 1.29 is 34.8 Å². The highest BCUT2D eigenvalue weighted by Crippen LogP contribution is 2.40. The van der Waals surface area contributed by atoms with Crippen molar-refractivity contribution in [2.45, 2.75) is 77.9 Å². The van der Waals surface area contributed by atoms with Crippen LogP contribution >= 0.6 is 0 Å². The van der Waals surface area contributed by atoms with Crippen LogP contribution in [0.4, 0.5) is 11.4 Å². The quantitative estimate of drug-likeness (QED) is 0.124. The number of guanidine groups is 1. The predicted octanol–water partition coefficient (Wildman–Crippen LogP) is 2.60. The van der Waals surface area contributed by atoms with Crippen LogP contribution in [0.1, 0.15) is 50.8 Å². The molecule has 0 saturated carbocycles. The van der Waals surface area contributed by atoms with Crippen LogP contribution in [-0.2, 0) is 14.4 Å². The lowest BCUT2D eigenvalue weighted by Gasteiger charge is -2.35. The van der Waals surface area contributed by atoms with E-state index in [2.05, 4.69) is 28.2 Å². The number of aliphatic hydroxyl groups excluding tert-OH is 4. The number of aldehydes is 1. The minimum Gasteiger partial charge on any atom is -0.394 e. The molecule has 0 spiro atoms. The van der Waals surface area contributed by atoms with Gasteiger partial charge in [0.15, 0.2) is 0 Å². The number of hydrogen-bond acceptors (Lipinski definition) is 12. The van der Waals surface area contributed by atoms with E-state index in [4.69, 9.17) is 26.2 Å². The topological polar surface area (TPSA) is 215 Å². The lowest BCUT2D eigenvalue weighted by Crippen LogP contribution is -2.52. The van der Waals surface area contributed by atoms with E-state index in [1.807, 2.05) is 97.2 Å². The van der Waals surface area contributed by atoms with Crippen molar-refractivity contribution in [2.75, 3.05) is 25.7 Å². The van der Waals surface area contributed by atoms with Gasteiger partial charge in [-0.15, -0.1) is 0 Å². The number of rotatable bonds is 9. The molecule has 1 saturated heterocycles. The van der Waals surface area contributed by atoms with Gasteiger partial charge in [0.2, 0.25) is 5.96 Å². The van der Waals surface area contributed by atoms with Crippen molar-refractivity contribution >= 4 is 46.3 Å². The maximum absolute atomic E-state index is 12.8. The van der Waals surface area contributed by atoms with Crippen LogP contribution in [0, 0.1) is 19.8 Å². The number of carbonyl (C=O) groups is 3. The lowest BCUT2D eigenvalue weighted by atomic mass is 10.0. The number of benzene rings is 3. The van der Waals surface area contributed by atoms with Crippen molar-refractivity contribution in [1.82, 2.24) is 19.5 Å². The first-order valence-electron chi connectivity index (χ1n) is 18.1. The van der Waals surface area contributed by atoms with E-state index < -0.39 is 36.9 Å². The van der Waals surface area contributed by atoms with Gasteiger partial charge in [-0.25, -0.2) is 14.8 Å². The number of hydrazine groups is 1.